The van der Waals surface area contributed by atoms with E-state index in [2.05, 4.69) is 46.4 Å². The van der Waals surface area contributed by atoms with Crippen LogP contribution in [0.3, 0.4) is 0 Å². The number of aromatic nitrogens is 2. The summed E-state index contributed by atoms with van der Waals surface area (Å²) in [5.74, 6) is -0.409. The summed E-state index contributed by atoms with van der Waals surface area (Å²) < 4.78 is 6.90. The molecule has 1 aliphatic heterocycles. The van der Waals surface area contributed by atoms with Crippen molar-refractivity contribution in [2.45, 2.75) is 19.9 Å². The molecule has 0 unspecified atom stereocenters. The van der Waals surface area contributed by atoms with E-state index in [1.807, 2.05) is 13.0 Å². The number of benzene rings is 1. The summed E-state index contributed by atoms with van der Waals surface area (Å²) in [6.07, 6.45) is 3.01. The van der Waals surface area contributed by atoms with E-state index in [0.717, 1.165) is 24.2 Å². The third-order valence-electron chi connectivity index (χ3n) is 5.58. The number of nitrogens with zero attached hydrogens (tertiary/aromatic N) is 3. The third kappa shape index (κ3) is 4.13. The van der Waals surface area contributed by atoms with Gasteiger partial charge < -0.3 is 10.1 Å². The lowest BCUT2D eigenvalue weighted by molar-refractivity contribution is 0.0162. The van der Waals surface area contributed by atoms with Gasteiger partial charge >= 0.3 is 0 Å². The maximum absolute atomic E-state index is 12.9. The van der Waals surface area contributed by atoms with Crippen molar-refractivity contribution >= 4 is 11.6 Å². The first-order valence-corrected chi connectivity index (χ1v) is 10.2. The van der Waals surface area contributed by atoms with E-state index in [4.69, 9.17) is 4.74 Å². The van der Waals surface area contributed by atoms with E-state index in [0.29, 0.717) is 25.4 Å². The number of ether oxygens (including phenoxy) is 1. The molecule has 0 bridgehead atoms. The number of carbonyl (C=O) groups is 1. The predicted molar refractivity (Wildman–Crippen MR) is 115 cm³/mol. The third-order valence-corrected chi connectivity index (χ3v) is 5.58. The summed E-state index contributed by atoms with van der Waals surface area (Å²) in [4.78, 5) is 32.3. The van der Waals surface area contributed by atoms with Gasteiger partial charge in [-0.15, -0.1) is 0 Å². The summed E-state index contributed by atoms with van der Waals surface area (Å²) in [6, 6.07) is 12.0. The zero-order valence-corrected chi connectivity index (χ0v) is 17.3. The van der Waals surface area contributed by atoms with Crippen LogP contribution in [-0.2, 0) is 4.74 Å². The van der Waals surface area contributed by atoms with Crippen molar-refractivity contribution in [3.05, 3.63) is 81.4 Å². The topological polar surface area (TPSA) is 75.9 Å². The van der Waals surface area contributed by atoms with Gasteiger partial charge in [-0.3, -0.25) is 18.9 Å². The van der Waals surface area contributed by atoms with Gasteiger partial charge in [-0.05, 0) is 31.0 Å². The van der Waals surface area contributed by atoms with Crippen LogP contribution < -0.4 is 10.9 Å². The molecule has 1 fully saturated rings. The second kappa shape index (κ2) is 8.77. The Morgan fingerprint density at radius 1 is 1.17 bits per heavy atom. The molecule has 2 aromatic heterocycles. The standard InChI is InChI=1S/C23H26N4O3/c1-16-5-7-18(8-6-16)20(26-10-12-30-13-11-26)15-25-22(28)19-14-24-21-17(2)4-3-9-27(21)23(19)29/h3-9,14,20H,10-13,15H2,1-2H3,(H,25,28)/t20-/m0/s1. The molecule has 1 aromatic carbocycles. The van der Waals surface area contributed by atoms with Gasteiger partial charge in [-0.1, -0.05) is 35.9 Å². The van der Waals surface area contributed by atoms with Crippen molar-refractivity contribution in [2.75, 3.05) is 32.8 Å². The van der Waals surface area contributed by atoms with Crippen LogP contribution in [0.2, 0.25) is 0 Å². The lowest BCUT2D eigenvalue weighted by Crippen LogP contribution is -2.44. The van der Waals surface area contributed by atoms with Gasteiger partial charge in [0.15, 0.2) is 0 Å². The summed E-state index contributed by atoms with van der Waals surface area (Å²) in [6.45, 7) is 7.28. The minimum atomic E-state index is -0.409. The summed E-state index contributed by atoms with van der Waals surface area (Å²) in [5, 5.41) is 2.95. The Bertz CT molecular complexity index is 1100. The Hall–Kier alpha value is -3.03. The van der Waals surface area contributed by atoms with Gasteiger partial charge in [0.2, 0.25) is 0 Å². The quantitative estimate of drug-likeness (QED) is 0.702. The molecule has 4 rings (SSSR count). The van der Waals surface area contributed by atoms with Gasteiger partial charge in [0.05, 0.1) is 19.3 Å². The van der Waals surface area contributed by atoms with Crippen LogP contribution in [0.25, 0.3) is 5.65 Å². The van der Waals surface area contributed by atoms with Crippen LogP contribution in [0.15, 0.2) is 53.6 Å². The first-order chi connectivity index (χ1) is 14.5. The van der Waals surface area contributed by atoms with E-state index in [1.54, 1.807) is 12.3 Å². The Kier molecular flexibility index (Phi) is 5.92. The average molecular weight is 406 g/mol. The second-order valence-electron chi connectivity index (χ2n) is 7.65. The second-order valence-corrected chi connectivity index (χ2v) is 7.65. The largest absolute Gasteiger partial charge is 0.379 e. The highest BCUT2D eigenvalue weighted by molar-refractivity contribution is 5.93. The van der Waals surface area contributed by atoms with Crippen molar-refractivity contribution in [2.24, 2.45) is 0 Å². The zero-order chi connectivity index (χ0) is 21.1. The highest BCUT2D eigenvalue weighted by atomic mass is 16.5. The maximum atomic E-state index is 12.9. The lowest BCUT2D eigenvalue weighted by Gasteiger charge is -2.35. The molecule has 0 spiro atoms. The van der Waals surface area contributed by atoms with Crippen LogP contribution in [0.1, 0.15) is 33.1 Å². The van der Waals surface area contributed by atoms with Gasteiger partial charge in [-0.25, -0.2) is 4.98 Å². The molecule has 1 N–H and O–H groups in total. The zero-order valence-electron chi connectivity index (χ0n) is 17.3. The van der Waals surface area contributed by atoms with Gasteiger partial charge in [0.1, 0.15) is 11.2 Å². The van der Waals surface area contributed by atoms with Crippen molar-refractivity contribution in [3.8, 4) is 0 Å². The van der Waals surface area contributed by atoms with Gasteiger partial charge in [-0.2, -0.15) is 0 Å². The number of morpholine rings is 1. The molecular weight excluding hydrogens is 380 g/mol. The molecule has 156 valence electrons. The average Bonchev–Trinajstić information content (AvgIpc) is 2.76. The molecule has 0 saturated carbocycles. The summed E-state index contributed by atoms with van der Waals surface area (Å²) in [5.41, 5.74) is 3.45. The fraction of sp³-hybridized carbons (Fsp3) is 0.348. The Morgan fingerprint density at radius 3 is 2.63 bits per heavy atom. The molecule has 7 heteroatoms. The number of rotatable bonds is 5. The molecule has 30 heavy (non-hydrogen) atoms. The van der Waals surface area contributed by atoms with Crippen LogP contribution in [0, 0.1) is 13.8 Å². The van der Waals surface area contributed by atoms with Crippen LogP contribution in [0.5, 0.6) is 0 Å². The molecule has 3 aromatic rings. The van der Waals surface area contributed by atoms with Crippen molar-refractivity contribution in [3.63, 3.8) is 0 Å². The highest BCUT2D eigenvalue weighted by Crippen LogP contribution is 2.22. The monoisotopic (exact) mass is 406 g/mol. The fourth-order valence-electron chi connectivity index (χ4n) is 3.82. The molecule has 1 saturated heterocycles. The summed E-state index contributed by atoms with van der Waals surface area (Å²) in [7, 11) is 0. The summed E-state index contributed by atoms with van der Waals surface area (Å²) >= 11 is 0. The molecule has 1 aliphatic rings. The predicted octanol–water partition coefficient (Wildman–Crippen LogP) is 2.11. The van der Waals surface area contributed by atoms with E-state index in [9.17, 15) is 9.59 Å². The molecule has 3 heterocycles. The fourth-order valence-corrected chi connectivity index (χ4v) is 3.82. The number of amides is 1. The van der Waals surface area contributed by atoms with Gasteiger partial charge in [0, 0.05) is 32.0 Å². The Balaban J connectivity index is 1.56. The normalized spacial score (nSPS) is 15.8. The highest BCUT2D eigenvalue weighted by Gasteiger charge is 2.24. The number of hydrogen-bond donors (Lipinski definition) is 1. The lowest BCUT2D eigenvalue weighted by atomic mass is 10.0. The minimum absolute atomic E-state index is 0.0110. The number of nitrogens with one attached hydrogen (secondary N) is 1. The minimum Gasteiger partial charge on any atom is -0.379 e. The van der Waals surface area contributed by atoms with Gasteiger partial charge in [0.25, 0.3) is 11.5 Å². The van der Waals surface area contributed by atoms with Crippen molar-refractivity contribution in [1.29, 1.82) is 0 Å². The molecule has 7 nitrogen and oxygen atoms in total. The first kappa shape index (κ1) is 20.3. The maximum Gasteiger partial charge on any atom is 0.270 e. The van der Waals surface area contributed by atoms with E-state index in [-0.39, 0.29) is 17.2 Å². The smallest absolute Gasteiger partial charge is 0.270 e. The van der Waals surface area contributed by atoms with E-state index in [1.165, 1.54) is 16.2 Å². The van der Waals surface area contributed by atoms with Crippen molar-refractivity contribution in [1.82, 2.24) is 19.6 Å². The number of aryl methyl sites for hydroxylation is 2. The number of fused-ring (bicyclic) bond motifs is 1. The van der Waals surface area contributed by atoms with E-state index < -0.39 is 5.91 Å². The van der Waals surface area contributed by atoms with Crippen LogP contribution in [-0.4, -0.2) is 53.0 Å². The molecule has 0 aliphatic carbocycles. The Morgan fingerprint density at radius 2 is 1.90 bits per heavy atom. The van der Waals surface area contributed by atoms with E-state index >= 15 is 0 Å². The number of hydrogen-bond acceptors (Lipinski definition) is 5. The molecular formula is C23H26N4O3. The SMILES string of the molecule is Cc1ccc([C@H](CNC(=O)c2cnc3c(C)cccn3c2=O)N2CCOCC2)cc1. The Labute approximate surface area is 175 Å². The van der Waals surface area contributed by atoms with Crippen molar-refractivity contribution < 1.29 is 9.53 Å². The van der Waals surface area contributed by atoms with Crippen LogP contribution in [0.4, 0.5) is 0 Å². The number of carbonyl (C=O) groups excluding carboxylic acids is 1. The molecule has 0 radical (unpaired) electrons. The molecule has 1 atom stereocenters. The molecule has 1 amide bonds. The van der Waals surface area contributed by atoms with Crippen LogP contribution >= 0.6 is 0 Å². The first-order valence-electron chi connectivity index (χ1n) is 10.2. The number of pyridine rings is 1.